The number of halogens is 1. The van der Waals surface area contributed by atoms with Crippen LogP contribution in [0.2, 0.25) is 5.02 Å². The standard InChI is InChI=1S/C20H23ClN4O/c1-24(2)19(15-13-25(3)18-11-7-4-8-14(15)18)12-22-20(26)23-17-10-6-5-9-16(17)21/h4-11,13,19H,12H2,1-3H3,(H2,22,23,26). The van der Waals surface area contributed by atoms with E-state index >= 15 is 0 Å². The van der Waals surface area contributed by atoms with Crippen LogP contribution in [-0.4, -0.2) is 36.1 Å². The second kappa shape index (κ2) is 7.81. The Balaban J connectivity index is 1.75. The largest absolute Gasteiger partial charge is 0.350 e. The fourth-order valence-corrected chi connectivity index (χ4v) is 3.31. The summed E-state index contributed by atoms with van der Waals surface area (Å²) < 4.78 is 2.12. The molecule has 0 saturated heterocycles. The maximum atomic E-state index is 12.3. The molecule has 1 aromatic heterocycles. The first kappa shape index (κ1) is 18.3. The van der Waals surface area contributed by atoms with E-state index in [4.69, 9.17) is 11.6 Å². The summed E-state index contributed by atoms with van der Waals surface area (Å²) in [6.45, 7) is 0.483. The van der Waals surface area contributed by atoms with E-state index in [1.165, 1.54) is 16.5 Å². The number of aryl methyl sites for hydroxylation is 1. The van der Waals surface area contributed by atoms with Gasteiger partial charge in [-0.05, 0) is 37.9 Å². The summed E-state index contributed by atoms with van der Waals surface area (Å²) in [6.07, 6.45) is 2.13. The smallest absolute Gasteiger partial charge is 0.319 e. The Morgan fingerprint density at radius 3 is 2.58 bits per heavy atom. The molecule has 3 rings (SSSR count). The summed E-state index contributed by atoms with van der Waals surface area (Å²) in [4.78, 5) is 14.4. The van der Waals surface area contributed by atoms with Crippen molar-refractivity contribution >= 4 is 34.2 Å². The van der Waals surface area contributed by atoms with Crippen molar-refractivity contribution in [3.63, 3.8) is 0 Å². The average molecular weight is 371 g/mol. The highest BCUT2D eigenvalue weighted by molar-refractivity contribution is 6.33. The van der Waals surface area contributed by atoms with E-state index in [2.05, 4.69) is 38.4 Å². The third-order valence-corrected chi connectivity index (χ3v) is 4.82. The van der Waals surface area contributed by atoms with Crippen LogP contribution in [0.3, 0.4) is 0 Å². The van der Waals surface area contributed by atoms with Crippen LogP contribution in [0.1, 0.15) is 11.6 Å². The number of urea groups is 1. The van der Waals surface area contributed by atoms with E-state index in [0.717, 1.165) is 0 Å². The number of amides is 2. The quantitative estimate of drug-likeness (QED) is 0.705. The lowest BCUT2D eigenvalue weighted by Crippen LogP contribution is -2.36. The van der Waals surface area contributed by atoms with Crippen LogP contribution in [0.15, 0.2) is 54.7 Å². The molecule has 0 saturated carbocycles. The Labute approximate surface area is 158 Å². The van der Waals surface area contributed by atoms with Gasteiger partial charge in [-0.1, -0.05) is 41.9 Å². The minimum Gasteiger partial charge on any atom is -0.350 e. The molecular formula is C20H23ClN4O. The van der Waals surface area contributed by atoms with Crippen molar-refractivity contribution in [3.8, 4) is 0 Å². The van der Waals surface area contributed by atoms with Gasteiger partial charge in [0.15, 0.2) is 0 Å². The molecule has 0 aliphatic rings. The summed E-state index contributed by atoms with van der Waals surface area (Å²) in [5.74, 6) is 0. The van der Waals surface area contributed by atoms with Crippen LogP contribution in [0, 0.1) is 0 Å². The molecule has 3 aromatic rings. The molecule has 1 atom stereocenters. The minimum absolute atomic E-state index is 0.0538. The Morgan fingerprint density at radius 2 is 1.85 bits per heavy atom. The monoisotopic (exact) mass is 370 g/mol. The number of anilines is 1. The molecule has 5 nitrogen and oxygen atoms in total. The summed E-state index contributed by atoms with van der Waals surface area (Å²) in [5.41, 5.74) is 2.96. The third-order valence-electron chi connectivity index (χ3n) is 4.49. The highest BCUT2D eigenvalue weighted by Gasteiger charge is 2.20. The summed E-state index contributed by atoms with van der Waals surface area (Å²) in [6, 6.07) is 15.2. The third kappa shape index (κ3) is 3.84. The molecule has 0 spiro atoms. The van der Waals surface area contributed by atoms with E-state index < -0.39 is 0 Å². The van der Waals surface area contributed by atoms with E-state index in [-0.39, 0.29) is 12.1 Å². The van der Waals surface area contributed by atoms with Gasteiger partial charge in [0, 0.05) is 30.7 Å². The maximum Gasteiger partial charge on any atom is 0.319 e. The maximum absolute atomic E-state index is 12.3. The molecule has 0 aliphatic carbocycles. The van der Waals surface area contributed by atoms with Gasteiger partial charge in [0.05, 0.1) is 16.8 Å². The molecule has 2 aromatic carbocycles. The fourth-order valence-electron chi connectivity index (χ4n) is 3.13. The van der Waals surface area contributed by atoms with Gasteiger partial charge in [0.2, 0.25) is 0 Å². The predicted octanol–water partition coefficient (Wildman–Crippen LogP) is 4.26. The average Bonchev–Trinajstić information content (AvgIpc) is 2.94. The summed E-state index contributed by atoms with van der Waals surface area (Å²) in [7, 11) is 6.07. The molecule has 136 valence electrons. The lowest BCUT2D eigenvalue weighted by atomic mass is 10.0. The lowest BCUT2D eigenvalue weighted by molar-refractivity contribution is 0.243. The molecule has 26 heavy (non-hydrogen) atoms. The van der Waals surface area contributed by atoms with Gasteiger partial charge in [-0.15, -0.1) is 0 Å². The van der Waals surface area contributed by atoms with Crippen LogP contribution >= 0.6 is 11.6 Å². The van der Waals surface area contributed by atoms with Crippen LogP contribution in [0.25, 0.3) is 10.9 Å². The highest BCUT2D eigenvalue weighted by atomic mass is 35.5. The molecule has 0 fully saturated rings. The molecule has 0 bridgehead atoms. The van der Waals surface area contributed by atoms with E-state index in [0.29, 0.717) is 17.3 Å². The molecule has 2 amide bonds. The predicted molar refractivity (Wildman–Crippen MR) is 108 cm³/mol. The van der Waals surface area contributed by atoms with Crippen molar-refractivity contribution in [1.82, 2.24) is 14.8 Å². The topological polar surface area (TPSA) is 49.3 Å². The first-order valence-corrected chi connectivity index (χ1v) is 8.85. The van der Waals surface area contributed by atoms with Gasteiger partial charge < -0.3 is 20.1 Å². The summed E-state index contributed by atoms with van der Waals surface area (Å²) in [5, 5.41) is 7.46. The number of carbonyl (C=O) groups excluding carboxylic acids is 1. The number of nitrogens with zero attached hydrogens (tertiary/aromatic N) is 2. The minimum atomic E-state index is -0.273. The van der Waals surface area contributed by atoms with Gasteiger partial charge in [-0.3, -0.25) is 0 Å². The Hall–Kier alpha value is -2.50. The van der Waals surface area contributed by atoms with Crippen LogP contribution in [-0.2, 0) is 7.05 Å². The van der Waals surface area contributed by atoms with Crippen molar-refractivity contribution in [2.75, 3.05) is 26.0 Å². The number of nitrogens with one attached hydrogen (secondary N) is 2. The van der Waals surface area contributed by atoms with E-state index in [9.17, 15) is 4.79 Å². The number of fused-ring (bicyclic) bond motifs is 1. The molecular weight excluding hydrogens is 348 g/mol. The van der Waals surface area contributed by atoms with Crippen molar-refractivity contribution in [2.24, 2.45) is 7.05 Å². The van der Waals surface area contributed by atoms with Crippen LogP contribution < -0.4 is 10.6 Å². The van der Waals surface area contributed by atoms with Gasteiger partial charge >= 0.3 is 6.03 Å². The molecule has 0 radical (unpaired) electrons. The number of hydrogen-bond acceptors (Lipinski definition) is 2. The summed E-state index contributed by atoms with van der Waals surface area (Å²) >= 11 is 6.09. The first-order valence-electron chi connectivity index (χ1n) is 8.47. The van der Waals surface area contributed by atoms with Gasteiger partial charge in [-0.25, -0.2) is 4.79 Å². The number of aromatic nitrogens is 1. The van der Waals surface area contributed by atoms with Gasteiger partial charge in [0.1, 0.15) is 0 Å². The number of likely N-dealkylation sites (N-methyl/N-ethyl adjacent to an activating group) is 1. The zero-order valence-corrected chi connectivity index (χ0v) is 15.9. The Morgan fingerprint density at radius 1 is 1.15 bits per heavy atom. The van der Waals surface area contributed by atoms with Gasteiger partial charge in [0.25, 0.3) is 0 Å². The van der Waals surface area contributed by atoms with Crippen molar-refractivity contribution < 1.29 is 4.79 Å². The number of para-hydroxylation sites is 2. The number of rotatable bonds is 5. The van der Waals surface area contributed by atoms with Gasteiger partial charge in [-0.2, -0.15) is 0 Å². The van der Waals surface area contributed by atoms with Crippen molar-refractivity contribution in [1.29, 1.82) is 0 Å². The molecule has 0 aliphatic heterocycles. The zero-order valence-electron chi connectivity index (χ0n) is 15.2. The van der Waals surface area contributed by atoms with E-state index in [1.54, 1.807) is 12.1 Å². The molecule has 6 heteroatoms. The van der Waals surface area contributed by atoms with Crippen molar-refractivity contribution in [3.05, 3.63) is 65.3 Å². The highest BCUT2D eigenvalue weighted by Crippen LogP contribution is 2.28. The first-order chi connectivity index (χ1) is 12.5. The number of carbonyl (C=O) groups is 1. The Kier molecular flexibility index (Phi) is 5.49. The van der Waals surface area contributed by atoms with Crippen LogP contribution in [0.5, 0.6) is 0 Å². The number of hydrogen-bond donors (Lipinski definition) is 2. The second-order valence-corrected chi connectivity index (χ2v) is 6.91. The van der Waals surface area contributed by atoms with Crippen molar-refractivity contribution in [2.45, 2.75) is 6.04 Å². The Bertz CT molecular complexity index is 919. The molecule has 2 N–H and O–H groups in total. The fraction of sp³-hybridized carbons (Fsp3) is 0.250. The molecule has 1 unspecified atom stereocenters. The van der Waals surface area contributed by atoms with Crippen LogP contribution in [0.4, 0.5) is 10.5 Å². The molecule has 1 heterocycles. The number of benzene rings is 2. The normalized spacial score (nSPS) is 12.3. The van der Waals surface area contributed by atoms with E-state index in [1.807, 2.05) is 45.4 Å². The second-order valence-electron chi connectivity index (χ2n) is 6.51. The zero-order chi connectivity index (χ0) is 18.7. The lowest BCUT2D eigenvalue weighted by Gasteiger charge is -2.24. The SMILES string of the molecule is CN(C)C(CNC(=O)Nc1ccccc1Cl)c1cn(C)c2ccccc12.